The first-order chi connectivity index (χ1) is 6.40. The number of hydrogen-bond acceptors (Lipinski definition) is 2. The fraction of sp³-hybridized carbons (Fsp3) is 0.333. The molecule has 0 aliphatic carbocycles. The SMILES string of the molecule is CCc1cc(F)cc(NS(C)(=O)=O)c1. The van der Waals surface area contributed by atoms with E-state index in [2.05, 4.69) is 4.72 Å². The zero-order valence-corrected chi connectivity index (χ0v) is 8.86. The third-order valence-corrected chi connectivity index (χ3v) is 2.28. The number of benzene rings is 1. The first-order valence-corrected chi connectivity index (χ1v) is 6.07. The standard InChI is InChI=1S/C9H12FNO2S/c1-3-7-4-8(10)6-9(5-7)11-14(2,12)13/h4-6,11H,3H2,1-2H3. The summed E-state index contributed by atoms with van der Waals surface area (Å²) in [5, 5.41) is 0. The Morgan fingerprint density at radius 1 is 1.36 bits per heavy atom. The highest BCUT2D eigenvalue weighted by atomic mass is 32.2. The Hall–Kier alpha value is -1.10. The number of sulfonamides is 1. The Morgan fingerprint density at radius 3 is 2.50 bits per heavy atom. The second-order valence-electron chi connectivity index (χ2n) is 3.08. The second kappa shape index (κ2) is 3.96. The van der Waals surface area contributed by atoms with Gasteiger partial charge in [-0.2, -0.15) is 0 Å². The Bertz CT molecular complexity index is 428. The van der Waals surface area contributed by atoms with Crippen LogP contribution in [0.15, 0.2) is 18.2 Å². The van der Waals surface area contributed by atoms with Crippen LogP contribution in [0, 0.1) is 5.82 Å². The van der Waals surface area contributed by atoms with Crippen molar-refractivity contribution in [2.45, 2.75) is 13.3 Å². The molecule has 78 valence electrons. The van der Waals surface area contributed by atoms with Crippen LogP contribution in [0.25, 0.3) is 0 Å². The number of hydrogen-bond donors (Lipinski definition) is 1. The summed E-state index contributed by atoms with van der Waals surface area (Å²) < 4.78 is 36.9. The summed E-state index contributed by atoms with van der Waals surface area (Å²) in [5.41, 5.74) is 1.03. The first-order valence-electron chi connectivity index (χ1n) is 4.18. The van der Waals surface area contributed by atoms with Crippen LogP contribution in [0.1, 0.15) is 12.5 Å². The van der Waals surface area contributed by atoms with Gasteiger partial charge in [-0.1, -0.05) is 6.92 Å². The van der Waals surface area contributed by atoms with E-state index in [1.54, 1.807) is 6.07 Å². The highest BCUT2D eigenvalue weighted by Gasteiger charge is 2.04. The highest BCUT2D eigenvalue weighted by molar-refractivity contribution is 7.92. The fourth-order valence-electron chi connectivity index (χ4n) is 1.13. The van der Waals surface area contributed by atoms with Gasteiger partial charge in [0.05, 0.1) is 11.9 Å². The van der Waals surface area contributed by atoms with Gasteiger partial charge in [-0.25, -0.2) is 12.8 Å². The molecule has 0 aliphatic heterocycles. The van der Waals surface area contributed by atoms with E-state index in [1.165, 1.54) is 6.07 Å². The molecule has 0 atom stereocenters. The molecule has 1 N–H and O–H groups in total. The van der Waals surface area contributed by atoms with Crippen LogP contribution in [-0.2, 0) is 16.4 Å². The molecule has 1 rings (SSSR count). The van der Waals surface area contributed by atoms with Gasteiger partial charge in [0, 0.05) is 0 Å². The third-order valence-electron chi connectivity index (χ3n) is 1.67. The number of nitrogens with one attached hydrogen (secondary N) is 1. The minimum absolute atomic E-state index is 0.268. The van der Waals surface area contributed by atoms with E-state index in [0.29, 0.717) is 6.42 Å². The van der Waals surface area contributed by atoms with Crippen molar-refractivity contribution < 1.29 is 12.8 Å². The van der Waals surface area contributed by atoms with Gasteiger partial charge in [0.1, 0.15) is 5.82 Å². The molecule has 3 nitrogen and oxygen atoms in total. The Kier molecular flexibility index (Phi) is 3.10. The molecule has 0 unspecified atom stereocenters. The number of anilines is 1. The molecule has 0 amide bonds. The first kappa shape index (κ1) is 11.0. The lowest BCUT2D eigenvalue weighted by molar-refractivity contribution is 0.606. The minimum atomic E-state index is -3.34. The van der Waals surface area contributed by atoms with Gasteiger partial charge < -0.3 is 0 Å². The molecular formula is C9H12FNO2S. The van der Waals surface area contributed by atoms with Crippen LogP contribution in [-0.4, -0.2) is 14.7 Å². The zero-order chi connectivity index (χ0) is 10.8. The maximum atomic E-state index is 13.0. The second-order valence-corrected chi connectivity index (χ2v) is 4.82. The van der Waals surface area contributed by atoms with E-state index < -0.39 is 15.8 Å². The molecule has 1 aromatic rings. The van der Waals surface area contributed by atoms with Gasteiger partial charge >= 0.3 is 0 Å². The molecule has 0 saturated carbocycles. The largest absolute Gasteiger partial charge is 0.284 e. The van der Waals surface area contributed by atoms with Gasteiger partial charge in [-0.3, -0.25) is 4.72 Å². The number of halogens is 1. The van der Waals surface area contributed by atoms with Crippen molar-refractivity contribution in [3.8, 4) is 0 Å². The van der Waals surface area contributed by atoms with Gasteiger partial charge in [0.25, 0.3) is 0 Å². The lowest BCUT2D eigenvalue weighted by Crippen LogP contribution is -2.09. The maximum Gasteiger partial charge on any atom is 0.229 e. The van der Waals surface area contributed by atoms with Crippen LogP contribution in [0.4, 0.5) is 10.1 Å². The van der Waals surface area contributed by atoms with Crippen molar-refractivity contribution in [2.24, 2.45) is 0 Å². The fourth-order valence-corrected chi connectivity index (χ4v) is 1.67. The van der Waals surface area contributed by atoms with Gasteiger partial charge in [0.15, 0.2) is 0 Å². The topological polar surface area (TPSA) is 46.2 Å². The minimum Gasteiger partial charge on any atom is -0.284 e. The quantitative estimate of drug-likeness (QED) is 0.838. The molecular weight excluding hydrogens is 205 g/mol. The predicted octanol–water partition coefficient (Wildman–Crippen LogP) is 1.76. The van der Waals surface area contributed by atoms with Crippen LogP contribution >= 0.6 is 0 Å². The van der Waals surface area contributed by atoms with E-state index in [4.69, 9.17) is 0 Å². The van der Waals surface area contributed by atoms with Crippen molar-refractivity contribution in [2.75, 3.05) is 11.0 Å². The van der Waals surface area contributed by atoms with E-state index in [1.807, 2.05) is 6.92 Å². The van der Waals surface area contributed by atoms with Crippen LogP contribution in [0.3, 0.4) is 0 Å². The van der Waals surface area contributed by atoms with Crippen molar-refractivity contribution in [3.05, 3.63) is 29.6 Å². The normalized spacial score (nSPS) is 11.4. The summed E-state index contributed by atoms with van der Waals surface area (Å²) in [6.45, 7) is 1.87. The van der Waals surface area contributed by atoms with Crippen LogP contribution < -0.4 is 4.72 Å². The molecule has 1 aromatic carbocycles. The Balaban J connectivity index is 3.04. The number of aryl methyl sites for hydroxylation is 1. The maximum absolute atomic E-state index is 13.0. The van der Waals surface area contributed by atoms with Crippen LogP contribution in [0.5, 0.6) is 0 Å². The van der Waals surface area contributed by atoms with Gasteiger partial charge in [0.2, 0.25) is 10.0 Å². The Labute approximate surface area is 83.0 Å². The summed E-state index contributed by atoms with van der Waals surface area (Å²) in [7, 11) is -3.34. The molecule has 14 heavy (non-hydrogen) atoms. The summed E-state index contributed by atoms with van der Waals surface area (Å²) in [6.07, 6.45) is 1.69. The van der Waals surface area contributed by atoms with Crippen LogP contribution in [0.2, 0.25) is 0 Å². The molecule has 5 heteroatoms. The molecule has 0 heterocycles. The molecule has 0 radical (unpaired) electrons. The highest BCUT2D eigenvalue weighted by Crippen LogP contribution is 2.15. The smallest absolute Gasteiger partial charge is 0.229 e. The summed E-state index contributed by atoms with van der Waals surface area (Å²) >= 11 is 0. The average molecular weight is 217 g/mol. The molecule has 0 aliphatic rings. The summed E-state index contributed by atoms with van der Waals surface area (Å²) in [5.74, 6) is -0.435. The zero-order valence-electron chi connectivity index (χ0n) is 8.04. The van der Waals surface area contributed by atoms with Crippen molar-refractivity contribution >= 4 is 15.7 Å². The Morgan fingerprint density at radius 2 is 2.00 bits per heavy atom. The lowest BCUT2D eigenvalue weighted by Gasteiger charge is -2.05. The summed E-state index contributed by atoms with van der Waals surface area (Å²) in [6, 6.07) is 4.15. The van der Waals surface area contributed by atoms with E-state index >= 15 is 0 Å². The molecule has 0 fully saturated rings. The monoisotopic (exact) mass is 217 g/mol. The van der Waals surface area contributed by atoms with Crippen molar-refractivity contribution in [3.63, 3.8) is 0 Å². The lowest BCUT2D eigenvalue weighted by atomic mass is 10.1. The van der Waals surface area contributed by atoms with E-state index in [0.717, 1.165) is 17.9 Å². The van der Waals surface area contributed by atoms with E-state index in [-0.39, 0.29) is 5.69 Å². The van der Waals surface area contributed by atoms with Crippen molar-refractivity contribution in [1.82, 2.24) is 0 Å². The van der Waals surface area contributed by atoms with Gasteiger partial charge in [-0.05, 0) is 30.2 Å². The summed E-state index contributed by atoms with van der Waals surface area (Å²) in [4.78, 5) is 0. The predicted molar refractivity (Wildman–Crippen MR) is 54.2 cm³/mol. The molecule has 0 saturated heterocycles. The molecule has 0 spiro atoms. The van der Waals surface area contributed by atoms with E-state index in [9.17, 15) is 12.8 Å². The third kappa shape index (κ3) is 3.33. The average Bonchev–Trinajstić information content (AvgIpc) is 1.99. The molecule has 0 bridgehead atoms. The molecule has 0 aromatic heterocycles. The number of rotatable bonds is 3. The van der Waals surface area contributed by atoms with Gasteiger partial charge in [-0.15, -0.1) is 0 Å². The van der Waals surface area contributed by atoms with Crippen molar-refractivity contribution in [1.29, 1.82) is 0 Å².